The SMILES string of the molecule is COC(=O)C1CCN(c2cc(F)c(F)cc2/C=C/C(=O)OC(C)(C)C)CC1. The Morgan fingerprint density at radius 3 is 2.30 bits per heavy atom. The summed E-state index contributed by atoms with van der Waals surface area (Å²) in [7, 11) is 1.35. The van der Waals surface area contributed by atoms with Crippen molar-refractivity contribution in [2.75, 3.05) is 25.1 Å². The van der Waals surface area contributed by atoms with Gasteiger partial charge in [0.15, 0.2) is 11.6 Å². The van der Waals surface area contributed by atoms with Gasteiger partial charge >= 0.3 is 11.9 Å². The van der Waals surface area contributed by atoms with Gasteiger partial charge in [-0.05, 0) is 45.8 Å². The molecule has 0 bridgehead atoms. The fourth-order valence-electron chi connectivity index (χ4n) is 2.98. The van der Waals surface area contributed by atoms with Crippen LogP contribution in [0.4, 0.5) is 14.5 Å². The second kappa shape index (κ2) is 8.50. The average molecular weight is 381 g/mol. The maximum atomic E-state index is 13.8. The van der Waals surface area contributed by atoms with Crippen molar-refractivity contribution in [3.05, 3.63) is 35.4 Å². The molecule has 148 valence electrons. The van der Waals surface area contributed by atoms with E-state index in [-0.39, 0.29) is 11.9 Å². The normalized spacial score (nSPS) is 15.9. The van der Waals surface area contributed by atoms with Crippen LogP contribution in [0.25, 0.3) is 6.08 Å². The first-order valence-corrected chi connectivity index (χ1v) is 8.83. The fourth-order valence-corrected chi connectivity index (χ4v) is 2.98. The van der Waals surface area contributed by atoms with Crippen molar-refractivity contribution in [1.82, 2.24) is 0 Å². The predicted molar refractivity (Wildman–Crippen MR) is 98.2 cm³/mol. The lowest BCUT2D eigenvalue weighted by Gasteiger charge is -2.33. The lowest BCUT2D eigenvalue weighted by Crippen LogP contribution is -2.37. The standard InChI is InChI=1S/C20H25F2NO4/c1-20(2,3)27-18(24)6-5-14-11-15(21)16(22)12-17(14)23-9-7-13(8-10-23)19(25)26-4/h5-6,11-13H,7-10H2,1-4H3/b6-5+. The number of halogens is 2. The number of anilines is 1. The number of rotatable bonds is 4. The molecule has 0 aliphatic carbocycles. The summed E-state index contributed by atoms with van der Waals surface area (Å²) < 4.78 is 37.5. The first-order valence-electron chi connectivity index (χ1n) is 8.83. The molecule has 1 heterocycles. The summed E-state index contributed by atoms with van der Waals surface area (Å²) in [6.07, 6.45) is 3.72. The molecule has 5 nitrogen and oxygen atoms in total. The van der Waals surface area contributed by atoms with Gasteiger partial charge in [-0.1, -0.05) is 0 Å². The van der Waals surface area contributed by atoms with Gasteiger partial charge in [0.2, 0.25) is 0 Å². The number of ether oxygens (including phenoxy) is 2. The van der Waals surface area contributed by atoms with E-state index in [9.17, 15) is 18.4 Å². The molecule has 2 rings (SSSR count). The van der Waals surface area contributed by atoms with E-state index in [1.807, 2.05) is 4.90 Å². The molecule has 27 heavy (non-hydrogen) atoms. The minimum atomic E-state index is -0.993. The van der Waals surface area contributed by atoms with E-state index in [1.54, 1.807) is 20.8 Å². The summed E-state index contributed by atoms with van der Waals surface area (Å²) in [6.45, 7) is 6.23. The molecule has 0 atom stereocenters. The molecule has 1 aromatic rings. The molecule has 0 unspecified atom stereocenters. The molecular weight excluding hydrogens is 356 g/mol. The zero-order valence-corrected chi connectivity index (χ0v) is 16.1. The third kappa shape index (κ3) is 5.77. The Morgan fingerprint density at radius 1 is 1.15 bits per heavy atom. The number of benzene rings is 1. The van der Waals surface area contributed by atoms with E-state index >= 15 is 0 Å². The monoisotopic (exact) mass is 381 g/mol. The highest BCUT2D eigenvalue weighted by Crippen LogP contribution is 2.30. The quantitative estimate of drug-likeness (QED) is 0.588. The Morgan fingerprint density at radius 2 is 1.74 bits per heavy atom. The Balaban J connectivity index is 2.20. The second-order valence-electron chi connectivity index (χ2n) is 7.48. The van der Waals surface area contributed by atoms with Gasteiger partial charge in [-0.2, -0.15) is 0 Å². The van der Waals surface area contributed by atoms with Crippen LogP contribution >= 0.6 is 0 Å². The number of methoxy groups -OCH3 is 1. The van der Waals surface area contributed by atoms with Crippen molar-refractivity contribution in [2.24, 2.45) is 5.92 Å². The van der Waals surface area contributed by atoms with Crippen LogP contribution in [0.3, 0.4) is 0 Å². The third-order valence-corrected chi connectivity index (χ3v) is 4.25. The second-order valence-corrected chi connectivity index (χ2v) is 7.48. The minimum Gasteiger partial charge on any atom is -0.469 e. The highest BCUT2D eigenvalue weighted by Gasteiger charge is 2.27. The number of nitrogens with zero attached hydrogens (tertiary/aromatic N) is 1. The Bertz CT molecular complexity index is 732. The van der Waals surface area contributed by atoms with E-state index in [4.69, 9.17) is 9.47 Å². The molecule has 0 saturated carbocycles. The predicted octanol–water partition coefficient (Wildman–Crippen LogP) is 3.71. The Kier molecular flexibility index (Phi) is 6.57. The zero-order chi connectivity index (χ0) is 20.2. The minimum absolute atomic E-state index is 0.197. The number of esters is 2. The Hall–Kier alpha value is -2.44. The molecule has 1 fully saturated rings. The lowest BCUT2D eigenvalue weighted by molar-refractivity contribution is -0.148. The Labute approximate surface area is 157 Å². The van der Waals surface area contributed by atoms with E-state index in [1.165, 1.54) is 19.3 Å². The maximum Gasteiger partial charge on any atom is 0.331 e. The molecule has 1 aliphatic rings. The van der Waals surface area contributed by atoms with Gasteiger partial charge in [0, 0.05) is 36.5 Å². The molecule has 0 aromatic heterocycles. The number of carbonyl (C=O) groups is 2. The summed E-state index contributed by atoms with van der Waals surface area (Å²) in [4.78, 5) is 25.4. The van der Waals surface area contributed by atoms with Gasteiger partial charge in [-0.15, -0.1) is 0 Å². The van der Waals surface area contributed by atoms with E-state index in [0.29, 0.717) is 37.2 Å². The van der Waals surface area contributed by atoms with E-state index < -0.39 is 23.2 Å². The number of hydrogen-bond donors (Lipinski definition) is 0. The van der Waals surface area contributed by atoms with Gasteiger partial charge in [-0.25, -0.2) is 13.6 Å². The van der Waals surface area contributed by atoms with Gasteiger partial charge in [-0.3, -0.25) is 4.79 Å². The van der Waals surface area contributed by atoms with Crippen LogP contribution in [0.1, 0.15) is 39.2 Å². The molecule has 0 N–H and O–H groups in total. The van der Waals surface area contributed by atoms with Crippen LogP contribution in [-0.4, -0.2) is 37.7 Å². The molecule has 1 saturated heterocycles. The summed E-state index contributed by atoms with van der Waals surface area (Å²) in [6, 6.07) is 2.17. The average Bonchev–Trinajstić information content (AvgIpc) is 2.60. The molecule has 1 aromatic carbocycles. The lowest BCUT2D eigenvalue weighted by atomic mass is 9.96. The summed E-state index contributed by atoms with van der Waals surface area (Å²) in [5.41, 5.74) is 0.196. The molecule has 0 amide bonds. The highest BCUT2D eigenvalue weighted by molar-refractivity contribution is 5.88. The number of hydrogen-bond acceptors (Lipinski definition) is 5. The van der Waals surface area contributed by atoms with Crippen LogP contribution in [0.2, 0.25) is 0 Å². The van der Waals surface area contributed by atoms with Crippen molar-refractivity contribution in [3.8, 4) is 0 Å². The molecule has 0 radical (unpaired) electrons. The van der Waals surface area contributed by atoms with Crippen molar-refractivity contribution in [2.45, 2.75) is 39.2 Å². The van der Waals surface area contributed by atoms with Crippen LogP contribution in [0, 0.1) is 17.6 Å². The van der Waals surface area contributed by atoms with Gasteiger partial charge in [0.1, 0.15) is 5.60 Å². The maximum absolute atomic E-state index is 13.8. The topological polar surface area (TPSA) is 55.8 Å². The first-order chi connectivity index (χ1) is 12.6. The molecular formula is C20H25F2NO4. The van der Waals surface area contributed by atoms with E-state index in [2.05, 4.69) is 0 Å². The molecule has 0 spiro atoms. The van der Waals surface area contributed by atoms with Gasteiger partial charge in [0.25, 0.3) is 0 Å². The van der Waals surface area contributed by atoms with Crippen molar-refractivity contribution >= 4 is 23.7 Å². The highest BCUT2D eigenvalue weighted by atomic mass is 19.2. The molecule has 7 heteroatoms. The van der Waals surface area contributed by atoms with Crippen LogP contribution in [0.15, 0.2) is 18.2 Å². The third-order valence-electron chi connectivity index (χ3n) is 4.25. The van der Waals surface area contributed by atoms with Crippen LogP contribution < -0.4 is 4.90 Å². The van der Waals surface area contributed by atoms with E-state index in [0.717, 1.165) is 12.1 Å². The van der Waals surface area contributed by atoms with Gasteiger partial charge < -0.3 is 14.4 Å². The van der Waals surface area contributed by atoms with Gasteiger partial charge in [0.05, 0.1) is 13.0 Å². The largest absolute Gasteiger partial charge is 0.469 e. The zero-order valence-electron chi connectivity index (χ0n) is 16.1. The number of carbonyl (C=O) groups excluding carboxylic acids is 2. The van der Waals surface area contributed by atoms with Crippen molar-refractivity contribution in [3.63, 3.8) is 0 Å². The van der Waals surface area contributed by atoms with Crippen LogP contribution in [-0.2, 0) is 19.1 Å². The first kappa shape index (κ1) is 20.9. The summed E-state index contributed by atoms with van der Waals surface area (Å²) >= 11 is 0. The van der Waals surface area contributed by atoms with Crippen molar-refractivity contribution < 1.29 is 27.8 Å². The summed E-state index contributed by atoms with van der Waals surface area (Å²) in [5.74, 6) is -2.98. The fraction of sp³-hybridized carbons (Fsp3) is 0.500. The summed E-state index contributed by atoms with van der Waals surface area (Å²) in [5, 5.41) is 0. The van der Waals surface area contributed by atoms with Crippen LogP contribution in [0.5, 0.6) is 0 Å². The number of piperidine rings is 1. The smallest absolute Gasteiger partial charge is 0.331 e. The molecule has 1 aliphatic heterocycles. The van der Waals surface area contributed by atoms with Crippen molar-refractivity contribution in [1.29, 1.82) is 0 Å².